The Bertz CT molecular complexity index is 849. The average Bonchev–Trinajstić information content (AvgIpc) is 2.74. The number of halogens is 1. The van der Waals surface area contributed by atoms with E-state index >= 15 is 0 Å². The van der Waals surface area contributed by atoms with E-state index in [4.69, 9.17) is 17.3 Å². The molecular weight excluding hydrogens is 398 g/mol. The van der Waals surface area contributed by atoms with Crippen molar-refractivity contribution in [2.75, 3.05) is 70.5 Å². The first kappa shape index (κ1) is 22.4. The van der Waals surface area contributed by atoms with E-state index in [9.17, 15) is 4.79 Å². The molecule has 1 fully saturated rings. The van der Waals surface area contributed by atoms with Crippen LogP contribution in [0.15, 0.2) is 42.5 Å². The van der Waals surface area contributed by atoms with Crippen LogP contribution in [-0.2, 0) is 6.42 Å². The van der Waals surface area contributed by atoms with Gasteiger partial charge in [-0.3, -0.25) is 9.69 Å². The second-order valence-corrected chi connectivity index (χ2v) is 8.41. The first-order valence-corrected chi connectivity index (χ1v) is 10.8. The van der Waals surface area contributed by atoms with E-state index in [1.54, 1.807) is 6.07 Å². The van der Waals surface area contributed by atoms with Crippen molar-refractivity contribution in [2.24, 2.45) is 0 Å². The van der Waals surface area contributed by atoms with E-state index < -0.39 is 0 Å². The number of benzene rings is 2. The van der Waals surface area contributed by atoms with Crippen molar-refractivity contribution < 1.29 is 4.79 Å². The number of amides is 1. The molecule has 162 valence electrons. The fourth-order valence-electron chi connectivity index (χ4n) is 3.65. The molecule has 0 spiro atoms. The molecular formula is C23H32ClN5O. The maximum atomic E-state index is 12.5. The summed E-state index contributed by atoms with van der Waals surface area (Å²) in [5.74, 6) is -0.117. The minimum Gasteiger partial charge on any atom is -0.397 e. The lowest BCUT2D eigenvalue weighted by Crippen LogP contribution is -2.48. The van der Waals surface area contributed by atoms with Crippen molar-refractivity contribution in [1.29, 1.82) is 0 Å². The highest BCUT2D eigenvalue weighted by molar-refractivity contribution is 6.31. The average molecular weight is 430 g/mol. The maximum Gasteiger partial charge on any atom is 0.251 e. The lowest BCUT2D eigenvalue weighted by atomic mass is 10.1. The topological polar surface area (TPSA) is 64.8 Å². The monoisotopic (exact) mass is 429 g/mol. The molecule has 6 nitrogen and oxygen atoms in total. The lowest BCUT2D eigenvalue weighted by Gasteiger charge is -2.37. The normalized spacial score (nSPS) is 14.9. The molecule has 2 aromatic rings. The van der Waals surface area contributed by atoms with Gasteiger partial charge in [0, 0.05) is 56.4 Å². The molecule has 1 amide bonds. The Morgan fingerprint density at radius 1 is 1.13 bits per heavy atom. The molecule has 1 aliphatic rings. The molecule has 0 aliphatic carbocycles. The molecule has 1 saturated heterocycles. The van der Waals surface area contributed by atoms with Crippen molar-refractivity contribution in [3.63, 3.8) is 0 Å². The van der Waals surface area contributed by atoms with Gasteiger partial charge >= 0.3 is 0 Å². The summed E-state index contributed by atoms with van der Waals surface area (Å²) < 4.78 is 0. The Kier molecular flexibility index (Phi) is 7.96. The number of carbonyl (C=O) groups excluding carboxylic acids is 1. The Morgan fingerprint density at radius 3 is 2.53 bits per heavy atom. The van der Waals surface area contributed by atoms with Gasteiger partial charge in [0.15, 0.2) is 0 Å². The van der Waals surface area contributed by atoms with E-state index in [1.165, 1.54) is 0 Å². The van der Waals surface area contributed by atoms with E-state index in [-0.39, 0.29) is 5.91 Å². The summed E-state index contributed by atoms with van der Waals surface area (Å²) in [5, 5.41) is 3.68. The zero-order chi connectivity index (χ0) is 21.5. The third kappa shape index (κ3) is 6.11. The molecule has 0 unspecified atom stereocenters. The number of likely N-dealkylation sites (N-methyl/N-ethyl adjacent to an activating group) is 1. The number of nitrogens with zero attached hydrogens (tertiary/aromatic N) is 3. The Balaban J connectivity index is 1.51. The van der Waals surface area contributed by atoms with Crippen LogP contribution in [0.4, 0.5) is 11.4 Å². The summed E-state index contributed by atoms with van der Waals surface area (Å²) in [6, 6.07) is 13.3. The van der Waals surface area contributed by atoms with Gasteiger partial charge in [-0.2, -0.15) is 0 Å². The largest absolute Gasteiger partial charge is 0.397 e. The van der Waals surface area contributed by atoms with Crippen molar-refractivity contribution in [3.05, 3.63) is 58.6 Å². The third-order valence-corrected chi connectivity index (χ3v) is 5.87. The molecule has 1 aliphatic heterocycles. The Morgan fingerprint density at radius 2 is 1.87 bits per heavy atom. The minimum atomic E-state index is -0.117. The summed E-state index contributed by atoms with van der Waals surface area (Å²) in [4.78, 5) is 19.5. The number of hydrogen-bond acceptors (Lipinski definition) is 5. The predicted octanol–water partition coefficient (Wildman–Crippen LogP) is 2.58. The number of carbonyl (C=O) groups is 1. The minimum absolute atomic E-state index is 0.117. The van der Waals surface area contributed by atoms with Gasteiger partial charge in [-0.1, -0.05) is 29.8 Å². The van der Waals surface area contributed by atoms with Gasteiger partial charge in [0.2, 0.25) is 0 Å². The van der Waals surface area contributed by atoms with Crippen molar-refractivity contribution in [3.8, 4) is 0 Å². The third-order valence-electron chi connectivity index (χ3n) is 5.50. The summed E-state index contributed by atoms with van der Waals surface area (Å²) in [5.41, 5.74) is 9.57. The SMILES string of the molecule is CN(C)CCN1CCN(c2ccc(C(=O)NCCc3ccccc3Cl)cc2N)CC1. The number of nitrogen functional groups attached to an aromatic ring is 1. The summed E-state index contributed by atoms with van der Waals surface area (Å²) in [7, 11) is 4.21. The smallest absolute Gasteiger partial charge is 0.251 e. The van der Waals surface area contributed by atoms with Crippen LogP contribution in [-0.4, -0.2) is 75.6 Å². The van der Waals surface area contributed by atoms with Crippen LogP contribution < -0.4 is 16.0 Å². The highest BCUT2D eigenvalue weighted by Crippen LogP contribution is 2.25. The highest BCUT2D eigenvalue weighted by Gasteiger charge is 2.19. The van der Waals surface area contributed by atoms with Crippen LogP contribution >= 0.6 is 11.6 Å². The lowest BCUT2D eigenvalue weighted by molar-refractivity contribution is 0.0954. The zero-order valence-corrected chi connectivity index (χ0v) is 18.7. The quantitative estimate of drug-likeness (QED) is 0.631. The van der Waals surface area contributed by atoms with Gasteiger partial charge in [-0.15, -0.1) is 0 Å². The zero-order valence-electron chi connectivity index (χ0n) is 17.9. The maximum absolute atomic E-state index is 12.5. The van der Waals surface area contributed by atoms with Gasteiger partial charge < -0.3 is 20.9 Å². The molecule has 30 heavy (non-hydrogen) atoms. The number of nitrogens with one attached hydrogen (secondary N) is 1. The molecule has 2 aromatic carbocycles. The summed E-state index contributed by atoms with van der Waals surface area (Å²) in [6.07, 6.45) is 0.692. The van der Waals surface area contributed by atoms with Crippen LogP contribution in [0.25, 0.3) is 0 Å². The van der Waals surface area contributed by atoms with Gasteiger partial charge in [0.05, 0.1) is 11.4 Å². The number of anilines is 2. The van der Waals surface area contributed by atoms with E-state index in [0.717, 1.165) is 55.5 Å². The van der Waals surface area contributed by atoms with Crippen LogP contribution in [0.1, 0.15) is 15.9 Å². The molecule has 0 atom stereocenters. The standard InChI is InChI=1S/C23H32ClN5O/c1-27(2)11-12-28-13-15-29(16-14-28)22-8-7-19(17-21(22)25)23(30)26-10-9-18-5-3-4-6-20(18)24/h3-8,17H,9-16,25H2,1-2H3,(H,26,30). The Labute approximate surface area is 184 Å². The van der Waals surface area contributed by atoms with E-state index in [1.807, 2.05) is 36.4 Å². The molecule has 0 bridgehead atoms. The van der Waals surface area contributed by atoms with Crippen molar-refractivity contribution in [2.45, 2.75) is 6.42 Å². The highest BCUT2D eigenvalue weighted by atomic mass is 35.5. The van der Waals surface area contributed by atoms with Crippen LogP contribution in [0.5, 0.6) is 0 Å². The van der Waals surface area contributed by atoms with E-state index in [2.05, 4.69) is 34.1 Å². The number of rotatable bonds is 8. The number of nitrogens with two attached hydrogens (primary N) is 1. The fourth-order valence-corrected chi connectivity index (χ4v) is 3.88. The molecule has 1 heterocycles. The predicted molar refractivity (Wildman–Crippen MR) is 126 cm³/mol. The van der Waals surface area contributed by atoms with Crippen LogP contribution in [0.2, 0.25) is 5.02 Å². The molecule has 0 radical (unpaired) electrons. The number of piperazine rings is 1. The van der Waals surface area contributed by atoms with Crippen molar-refractivity contribution >= 4 is 28.9 Å². The second-order valence-electron chi connectivity index (χ2n) is 8.00. The molecule has 3 rings (SSSR count). The Hall–Kier alpha value is -2.28. The van der Waals surface area contributed by atoms with Gasteiger partial charge in [0.25, 0.3) is 5.91 Å². The summed E-state index contributed by atoms with van der Waals surface area (Å²) in [6.45, 7) is 6.63. The molecule has 0 aromatic heterocycles. The second kappa shape index (κ2) is 10.7. The van der Waals surface area contributed by atoms with Gasteiger partial charge in [-0.25, -0.2) is 0 Å². The molecule has 7 heteroatoms. The number of hydrogen-bond donors (Lipinski definition) is 2. The van der Waals surface area contributed by atoms with Crippen molar-refractivity contribution in [1.82, 2.24) is 15.1 Å². The fraction of sp³-hybridized carbons (Fsp3) is 0.435. The molecule has 0 saturated carbocycles. The summed E-state index contributed by atoms with van der Waals surface area (Å²) >= 11 is 6.17. The molecule has 3 N–H and O–H groups in total. The first-order valence-electron chi connectivity index (χ1n) is 10.5. The van der Waals surface area contributed by atoms with Gasteiger partial charge in [0.1, 0.15) is 0 Å². The van der Waals surface area contributed by atoms with Gasteiger partial charge in [-0.05, 0) is 50.3 Å². The van der Waals surface area contributed by atoms with E-state index in [0.29, 0.717) is 24.2 Å². The first-order chi connectivity index (χ1) is 14.4. The van der Waals surface area contributed by atoms with Crippen LogP contribution in [0.3, 0.4) is 0 Å². The van der Waals surface area contributed by atoms with Crippen LogP contribution in [0, 0.1) is 0 Å².